The third kappa shape index (κ3) is 2.38. The number of carbonyl (C=O) groups is 1. The first-order valence-corrected chi connectivity index (χ1v) is 6.87. The monoisotopic (exact) mass is 286 g/mol. The summed E-state index contributed by atoms with van der Waals surface area (Å²) < 4.78 is 5.28. The van der Waals surface area contributed by atoms with Crippen LogP contribution < -0.4 is 21.1 Å². The molecule has 1 aromatic heterocycles. The Hall–Kier alpha value is -2.34. The van der Waals surface area contributed by atoms with E-state index in [4.69, 9.17) is 16.2 Å². The van der Waals surface area contributed by atoms with Crippen LogP contribution in [0.3, 0.4) is 0 Å². The van der Waals surface area contributed by atoms with Crippen LogP contribution in [0.15, 0.2) is 24.4 Å². The van der Waals surface area contributed by atoms with Crippen LogP contribution in [0.25, 0.3) is 10.8 Å². The molecule has 21 heavy (non-hydrogen) atoms. The molecule has 1 aliphatic heterocycles. The quantitative estimate of drug-likeness (QED) is 0.873. The number of hydrogen-bond donors (Lipinski definition) is 2. The minimum absolute atomic E-state index is 0.175. The molecule has 110 valence electrons. The number of aromatic nitrogens is 1. The summed E-state index contributed by atoms with van der Waals surface area (Å²) in [6.45, 7) is 1.67. The lowest BCUT2D eigenvalue weighted by Gasteiger charge is -2.19. The van der Waals surface area contributed by atoms with Gasteiger partial charge in [0.25, 0.3) is 5.91 Å². The van der Waals surface area contributed by atoms with Gasteiger partial charge in [0, 0.05) is 30.7 Å². The van der Waals surface area contributed by atoms with Crippen molar-refractivity contribution in [2.75, 3.05) is 25.1 Å². The third-order valence-corrected chi connectivity index (χ3v) is 3.85. The lowest BCUT2D eigenvalue weighted by atomic mass is 10.1. The van der Waals surface area contributed by atoms with Crippen LogP contribution >= 0.6 is 0 Å². The zero-order chi connectivity index (χ0) is 15.0. The average molecular weight is 286 g/mol. The van der Waals surface area contributed by atoms with Crippen LogP contribution in [-0.2, 0) is 0 Å². The molecule has 1 aromatic carbocycles. The molecule has 0 bridgehead atoms. The largest absolute Gasteiger partial charge is 0.496 e. The van der Waals surface area contributed by atoms with Crippen LogP contribution in [0.4, 0.5) is 5.82 Å². The summed E-state index contributed by atoms with van der Waals surface area (Å²) in [7, 11) is 1.52. The van der Waals surface area contributed by atoms with E-state index in [1.807, 2.05) is 12.1 Å². The molecule has 1 saturated heterocycles. The lowest BCUT2D eigenvalue weighted by Crippen LogP contribution is -2.27. The first kappa shape index (κ1) is 13.6. The van der Waals surface area contributed by atoms with E-state index >= 15 is 0 Å². The van der Waals surface area contributed by atoms with Gasteiger partial charge in [-0.3, -0.25) is 4.79 Å². The van der Waals surface area contributed by atoms with Gasteiger partial charge in [-0.1, -0.05) is 0 Å². The van der Waals surface area contributed by atoms with Gasteiger partial charge in [-0.25, -0.2) is 4.98 Å². The number of nitrogens with zero attached hydrogens (tertiary/aromatic N) is 2. The van der Waals surface area contributed by atoms with E-state index in [1.165, 1.54) is 7.11 Å². The molecule has 6 heteroatoms. The molecular weight excluding hydrogens is 268 g/mol. The van der Waals surface area contributed by atoms with Gasteiger partial charge in [0.05, 0.1) is 12.7 Å². The van der Waals surface area contributed by atoms with Crippen molar-refractivity contribution in [3.05, 3.63) is 30.0 Å². The maximum atomic E-state index is 11.5. The van der Waals surface area contributed by atoms with E-state index in [1.54, 1.807) is 12.3 Å². The van der Waals surface area contributed by atoms with Gasteiger partial charge in [-0.05, 0) is 30.0 Å². The SMILES string of the molecule is COc1cc2c(N3CCC(N)C3)nccc2cc1C(N)=O. The Labute approximate surface area is 122 Å². The summed E-state index contributed by atoms with van der Waals surface area (Å²) in [5.74, 6) is 0.831. The number of nitrogens with two attached hydrogens (primary N) is 2. The highest BCUT2D eigenvalue weighted by atomic mass is 16.5. The maximum Gasteiger partial charge on any atom is 0.252 e. The Kier molecular flexibility index (Phi) is 3.39. The number of ether oxygens (including phenoxy) is 1. The van der Waals surface area contributed by atoms with Gasteiger partial charge in [0.15, 0.2) is 0 Å². The summed E-state index contributed by atoms with van der Waals surface area (Å²) in [6, 6.07) is 5.61. The Bertz CT molecular complexity index is 701. The number of pyridine rings is 1. The van der Waals surface area contributed by atoms with Crippen molar-refractivity contribution in [2.24, 2.45) is 11.5 Å². The predicted molar refractivity (Wildman–Crippen MR) is 81.6 cm³/mol. The second kappa shape index (κ2) is 5.21. The number of carbonyl (C=O) groups excluding carboxylic acids is 1. The second-order valence-corrected chi connectivity index (χ2v) is 5.27. The lowest BCUT2D eigenvalue weighted by molar-refractivity contribution is 0.0997. The molecular formula is C15H18N4O2. The molecule has 2 heterocycles. The molecule has 1 amide bonds. The third-order valence-electron chi connectivity index (χ3n) is 3.85. The van der Waals surface area contributed by atoms with Crippen LogP contribution in [0.5, 0.6) is 5.75 Å². The molecule has 4 N–H and O–H groups in total. The predicted octanol–water partition coefficient (Wildman–Crippen LogP) is 0.880. The molecule has 6 nitrogen and oxygen atoms in total. The minimum atomic E-state index is -0.504. The Balaban J connectivity index is 2.16. The van der Waals surface area contributed by atoms with Crippen LogP contribution in [0.1, 0.15) is 16.8 Å². The van der Waals surface area contributed by atoms with Crippen molar-refractivity contribution in [1.82, 2.24) is 4.98 Å². The summed E-state index contributed by atoms with van der Waals surface area (Å²) >= 11 is 0. The van der Waals surface area contributed by atoms with Gasteiger partial charge >= 0.3 is 0 Å². The molecule has 0 saturated carbocycles. The summed E-state index contributed by atoms with van der Waals surface area (Å²) in [6.07, 6.45) is 2.69. The Morgan fingerprint density at radius 3 is 2.90 bits per heavy atom. The standard InChI is InChI=1S/C15H18N4O2/c1-21-13-7-11-9(6-12(13)14(17)20)2-4-18-15(11)19-5-3-10(16)8-19/h2,4,6-7,10H,3,5,8,16H2,1H3,(H2,17,20). The van der Waals surface area contributed by atoms with Crippen molar-refractivity contribution in [2.45, 2.75) is 12.5 Å². The molecule has 0 spiro atoms. The smallest absolute Gasteiger partial charge is 0.252 e. The fraction of sp³-hybridized carbons (Fsp3) is 0.333. The highest BCUT2D eigenvalue weighted by molar-refractivity contribution is 6.03. The Morgan fingerprint density at radius 2 is 2.29 bits per heavy atom. The molecule has 2 aromatic rings. The van der Waals surface area contributed by atoms with Crippen LogP contribution in [-0.4, -0.2) is 37.1 Å². The van der Waals surface area contributed by atoms with E-state index in [0.717, 1.165) is 36.1 Å². The van der Waals surface area contributed by atoms with E-state index < -0.39 is 5.91 Å². The number of hydrogen-bond acceptors (Lipinski definition) is 5. The number of fused-ring (bicyclic) bond motifs is 1. The van der Waals surface area contributed by atoms with Crippen molar-refractivity contribution < 1.29 is 9.53 Å². The normalized spacial score (nSPS) is 18.2. The van der Waals surface area contributed by atoms with E-state index in [0.29, 0.717) is 11.3 Å². The topological polar surface area (TPSA) is 94.5 Å². The van der Waals surface area contributed by atoms with Gasteiger partial charge in [-0.15, -0.1) is 0 Å². The fourth-order valence-electron chi connectivity index (χ4n) is 2.78. The van der Waals surface area contributed by atoms with Crippen LogP contribution in [0.2, 0.25) is 0 Å². The molecule has 1 aliphatic rings. The molecule has 1 atom stereocenters. The van der Waals surface area contributed by atoms with Crippen molar-refractivity contribution >= 4 is 22.5 Å². The summed E-state index contributed by atoms with van der Waals surface area (Å²) in [5.41, 5.74) is 11.7. The number of methoxy groups -OCH3 is 1. The highest BCUT2D eigenvalue weighted by Gasteiger charge is 2.22. The van der Waals surface area contributed by atoms with Gasteiger partial charge in [0.1, 0.15) is 11.6 Å². The van der Waals surface area contributed by atoms with Crippen molar-refractivity contribution in [3.8, 4) is 5.75 Å². The number of anilines is 1. The zero-order valence-electron chi connectivity index (χ0n) is 11.9. The highest BCUT2D eigenvalue weighted by Crippen LogP contribution is 2.32. The molecule has 0 aliphatic carbocycles. The van der Waals surface area contributed by atoms with E-state index in [-0.39, 0.29) is 6.04 Å². The first-order valence-electron chi connectivity index (χ1n) is 6.87. The average Bonchev–Trinajstić information content (AvgIpc) is 2.91. The van der Waals surface area contributed by atoms with E-state index in [2.05, 4.69) is 9.88 Å². The van der Waals surface area contributed by atoms with Crippen molar-refractivity contribution in [1.29, 1.82) is 0 Å². The number of benzene rings is 1. The van der Waals surface area contributed by atoms with Crippen LogP contribution in [0, 0.1) is 0 Å². The van der Waals surface area contributed by atoms with Gasteiger partial charge in [0.2, 0.25) is 0 Å². The molecule has 1 fully saturated rings. The van der Waals surface area contributed by atoms with Crippen molar-refractivity contribution in [3.63, 3.8) is 0 Å². The number of amides is 1. The minimum Gasteiger partial charge on any atom is -0.496 e. The zero-order valence-corrected chi connectivity index (χ0v) is 11.9. The number of rotatable bonds is 3. The first-order chi connectivity index (χ1) is 10.1. The molecule has 0 radical (unpaired) electrons. The maximum absolute atomic E-state index is 11.5. The summed E-state index contributed by atoms with van der Waals surface area (Å²) in [5, 5.41) is 1.85. The molecule has 3 rings (SSSR count). The summed E-state index contributed by atoms with van der Waals surface area (Å²) in [4.78, 5) is 18.1. The van der Waals surface area contributed by atoms with Gasteiger partial charge < -0.3 is 21.1 Å². The number of primary amides is 1. The Morgan fingerprint density at radius 1 is 1.48 bits per heavy atom. The second-order valence-electron chi connectivity index (χ2n) is 5.27. The molecule has 1 unspecified atom stereocenters. The van der Waals surface area contributed by atoms with E-state index in [9.17, 15) is 4.79 Å². The fourth-order valence-corrected chi connectivity index (χ4v) is 2.78. The van der Waals surface area contributed by atoms with Gasteiger partial charge in [-0.2, -0.15) is 0 Å².